The Morgan fingerprint density at radius 2 is 1.66 bits per heavy atom. The van der Waals surface area contributed by atoms with E-state index in [9.17, 15) is 9.59 Å². The van der Waals surface area contributed by atoms with Crippen LogP contribution < -0.4 is 20.5 Å². The van der Waals surface area contributed by atoms with E-state index < -0.39 is 5.91 Å². The number of hydrogen-bond donors (Lipinski definition) is 2. The van der Waals surface area contributed by atoms with Crippen molar-refractivity contribution in [2.24, 2.45) is 5.73 Å². The van der Waals surface area contributed by atoms with Crippen molar-refractivity contribution in [3.8, 4) is 34.3 Å². The molecule has 0 atom stereocenters. The van der Waals surface area contributed by atoms with Gasteiger partial charge in [0.25, 0.3) is 11.8 Å². The lowest BCUT2D eigenvalue weighted by Crippen LogP contribution is -2.20. The molecule has 0 radical (unpaired) electrons. The standard InChI is InChI=1S/C26H24N4O5/c1-3-33-22-14-19(25-29-26(35-30-25)18-6-4-16(2)5-7-18)10-13-21(22)34-15-23(31)28-20-11-8-17(9-12-20)24(27)32/h4-14H,3,15H2,1-2H3,(H2,27,32)(H,28,31). The molecule has 1 heterocycles. The van der Waals surface area contributed by atoms with Gasteiger partial charge in [-0.2, -0.15) is 4.98 Å². The molecule has 3 aromatic carbocycles. The Labute approximate surface area is 201 Å². The Kier molecular flexibility index (Phi) is 7.06. The van der Waals surface area contributed by atoms with Crippen LogP contribution in [-0.2, 0) is 4.79 Å². The Morgan fingerprint density at radius 1 is 0.943 bits per heavy atom. The van der Waals surface area contributed by atoms with Gasteiger partial charge in [0.15, 0.2) is 18.1 Å². The minimum atomic E-state index is -0.537. The van der Waals surface area contributed by atoms with Crippen molar-refractivity contribution in [1.82, 2.24) is 10.1 Å². The normalized spacial score (nSPS) is 10.6. The monoisotopic (exact) mass is 472 g/mol. The number of nitrogens with one attached hydrogen (secondary N) is 1. The Bertz CT molecular complexity index is 1330. The number of rotatable bonds is 9. The number of aryl methyl sites for hydroxylation is 1. The molecule has 9 nitrogen and oxygen atoms in total. The summed E-state index contributed by atoms with van der Waals surface area (Å²) >= 11 is 0. The number of nitrogens with zero attached hydrogens (tertiary/aromatic N) is 2. The molecule has 0 spiro atoms. The zero-order chi connectivity index (χ0) is 24.8. The van der Waals surface area contributed by atoms with E-state index in [2.05, 4.69) is 15.5 Å². The highest BCUT2D eigenvalue weighted by atomic mass is 16.5. The van der Waals surface area contributed by atoms with Gasteiger partial charge in [0.1, 0.15) is 0 Å². The minimum absolute atomic E-state index is 0.239. The van der Waals surface area contributed by atoms with Crippen LogP contribution in [0.4, 0.5) is 5.69 Å². The lowest BCUT2D eigenvalue weighted by molar-refractivity contribution is -0.118. The first-order valence-corrected chi connectivity index (χ1v) is 10.9. The summed E-state index contributed by atoms with van der Waals surface area (Å²) in [5.41, 5.74) is 8.75. The molecule has 2 amide bonds. The molecule has 0 fully saturated rings. The molecule has 0 saturated heterocycles. The first-order valence-electron chi connectivity index (χ1n) is 10.9. The van der Waals surface area contributed by atoms with Gasteiger partial charge in [0.05, 0.1) is 6.61 Å². The lowest BCUT2D eigenvalue weighted by Gasteiger charge is -2.13. The fraction of sp³-hybridized carbons (Fsp3) is 0.154. The molecule has 1 aromatic heterocycles. The average molecular weight is 473 g/mol. The van der Waals surface area contributed by atoms with Crippen molar-refractivity contribution >= 4 is 17.5 Å². The fourth-order valence-corrected chi connectivity index (χ4v) is 3.25. The Morgan fingerprint density at radius 3 is 2.34 bits per heavy atom. The molecule has 0 aliphatic rings. The number of anilines is 1. The van der Waals surface area contributed by atoms with E-state index in [4.69, 9.17) is 19.7 Å². The van der Waals surface area contributed by atoms with Crippen LogP contribution in [0.5, 0.6) is 11.5 Å². The summed E-state index contributed by atoms with van der Waals surface area (Å²) in [6.45, 7) is 4.02. The maximum atomic E-state index is 12.3. The number of aromatic nitrogens is 2. The summed E-state index contributed by atoms with van der Waals surface area (Å²) in [5.74, 6) is 0.765. The van der Waals surface area contributed by atoms with Crippen molar-refractivity contribution in [2.45, 2.75) is 13.8 Å². The highest BCUT2D eigenvalue weighted by Gasteiger charge is 2.15. The van der Waals surface area contributed by atoms with E-state index in [1.54, 1.807) is 30.3 Å². The van der Waals surface area contributed by atoms with Gasteiger partial charge in [0.2, 0.25) is 11.7 Å². The van der Waals surface area contributed by atoms with Gasteiger partial charge >= 0.3 is 0 Å². The van der Waals surface area contributed by atoms with Crippen molar-refractivity contribution in [1.29, 1.82) is 0 Å². The molecule has 0 saturated carbocycles. The predicted molar refractivity (Wildman–Crippen MR) is 130 cm³/mol. The summed E-state index contributed by atoms with van der Waals surface area (Å²) in [4.78, 5) is 28.0. The van der Waals surface area contributed by atoms with Crippen LogP contribution in [0.15, 0.2) is 71.3 Å². The quantitative estimate of drug-likeness (QED) is 0.373. The number of benzene rings is 3. The van der Waals surface area contributed by atoms with Gasteiger partial charge in [-0.05, 0) is 68.4 Å². The maximum Gasteiger partial charge on any atom is 0.262 e. The number of carbonyl (C=O) groups is 2. The second-order valence-corrected chi connectivity index (χ2v) is 7.66. The second kappa shape index (κ2) is 10.5. The molecule has 0 aliphatic heterocycles. The molecular formula is C26H24N4O5. The smallest absolute Gasteiger partial charge is 0.262 e. The largest absolute Gasteiger partial charge is 0.490 e. The number of ether oxygens (including phenoxy) is 2. The van der Waals surface area contributed by atoms with Gasteiger partial charge < -0.3 is 25.0 Å². The van der Waals surface area contributed by atoms with Gasteiger partial charge in [-0.15, -0.1) is 0 Å². The summed E-state index contributed by atoms with van der Waals surface area (Å²) in [6, 6.07) is 19.2. The molecule has 4 aromatic rings. The van der Waals surface area contributed by atoms with Crippen molar-refractivity contribution in [2.75, 3.05) is 18.5 Å². The number of carbonyl (C=O) groups excluding carboxylic acids is 2. The van der Waals surface area contributed by atoms with E-state index in [-0.39, 0.29) is 12.5 Å². The van der Waals surface area contributed by atoms with Crippen LogP contribution in [0.2, 0.25) is 0 Å². The predicted octanol–water partition coefficient (Wildman–Crippen LogP) is 4.23. The molecule has 0 aliphatic carbocycles. The summed E-state index contributed by atoms with van der Waals surface area (Å²) in [5, 5.41) is 6.78. The minimum Gasteiger partial charge on any atom is -0.490 e. The fourth-order valence-electron chi connectivity index (χ4n) is 3.25. The van der Waals surface area contributed by atoms with Crippen LogP contribution in [0.3, 0.4) is 0 Å². The summed E-state index contributed by atoms with van der Waals surface area (Å²) in [6.07, 6.45) is 0. The topological polar surface area (TPSA) is 130 Å². The van der Waals surface area contributed by atoms with Crippen LogP contribution in [0.1, 0.15) is 22.8 Å². The Hall–Kier alpha value is -4.66. The van der Waals surface area contributed by atoms with Gasteiger partial charge in [0, 0.05) is 22.4 Å². The number of nitrogens with two attached hydrogens (primary N) is 1. The molecule has 35 heavy (non-hydrogen) atoms. The van der Waals surface area contributed by atoms with E-state index in [1.807, 2.05) is 38.1 Å². The van der Waals surface area contributed by atoms with Crippen molar-refractivity contribution < 1.29 is 23.6 Å². The number of primary amides is 1. The summed E-state index contributed by atoms with van der Waals surface area (Å²) < 4.78 is 16.8. The van der Waals surface area contributed by atoms with Crippen LogP contribution in [0, 0.1) is 6.92 Å². The van der Waals surface area contributed by atoms with Crippen molar-refractivity contribution in [3.63, 3.8) is 0 Å². The highest BCUT2D eigenvalue weighted by molar-refractivity contribution is 5.95. The Balaban J connectivity index is 1.44. The summed E-state index contributed by atoms with van der Waals surface area (Å²) in [7, 11) is 0. The zero-order valence-electron chi connectivity index (χ0n) is 19.3. The third kappa shape index (κ3) is 5.83. The van der Waals surface area contributed by atoms with Gasteiger partial charge in [-0.3, -0.25) is 9.59 Å². The average Bonchev–Trinajstić information content (AvgIpc) is 3.34. The highest BCUT2D eigenvalue weighted by Crippen LogP contribution is 2.32. The molecule has 4 rings (SSSR count). The van der Waals surface area contributed by atoms with Crippen LogP contribution >= 0.6 is 0 Å². The molecule has 178 valence electrons. The first kappa shape index (κ1) is 23.5. The third-order valence-corrected chi connectivity index (χ3v) is 5.04. The van der Waals surface area contributed by atoms with E-state index in [0.29, 0.717) is 46.6 Å². The number of amides is 2. The molecule has 9 heteroatoms. The SMILES string of the molecule is CCOc1cc(-c2noc(-c3ccc(C)cc3)n2)ccc1OCC(=O)Nc1ccc(C(N)=O)cc1. The maximum absolute atomic E-state index is 12.3. The molecule has 3 N–H and O–H groups in total. The van der Waals surface area contributed by atoms with Gasteiger partial charge in [-0.25, -0.2) is 0 Å². The van der Waals surface area contributed by atoms with E-state index in [1.165, 1.54) is 12.1 Å². The third-order valence-electron chi connectivity index (χ3n) is 5.04. The number of hydrogen-bond acceptors (Lipinski definition) is 7. The second-order valence-electron chi connectivity index (χ2n) is 7.66. The van der Waals surface area contributed by atoms with E-state index >= 15 is 0 Å². The first-order chi connectivity index (χ1) is 16.9. The van der Waals surface area contributed by atoms with Gasteiger partial charge in [-0.1, -0.05) is 22.9 Å². The van der Waals surface area contributed by atoms with Crippen LogP contribution in [-0.4, -0.2) is 35.2 Å². The zero-order valence-corrected chi connectivity index (χ0v) is 19.3. The molecule has 0 unspecified atom stereocenters. The van der Waals surface area contributed by atoms with E-state index in [0.717, 1.165) is 11.1 Å². The van der Waals surface area contributed by atoms with Crippen molar-refractivity contribution in [3.05, 3.63) is 77.9 Å². The molecule has 0 bridgehead atoms. The van der Waals surface area contributed by atoms with Crippen LogP contribution in [0.25, 0.3) is 22.8 Å². The lowest BCUT2D eigenvalue weighted by atomic mass is 10.1. The molecular weight excluding hydrogens is 448 g/mol.